The molecule has 0 aliphatic carbocycles. The van der Waals surface area contributed by atoms with Crippen LogP contribution in [0, 0.1) is 0 Å². The quantitative estimate of drug-likeness (QED) is 0.621. The highest BCUT2D eigenvalue weighted by molar-refractivity contribution is 5.75. The van der Waals surface area contributed by atoms with Crippen LogP contribution in [0.15, 0.2) is 18.2 Å². The Labute approximate surface area is 109 Å². The van der Waals surface area contributed by atoms with Gasteiger partial charge in [-0.15, -0.1) is 0 Å². The molecular formula is C14H22N2O2. The molecule has 0 spiro atoms. The molecular weight excluding hydrogens is 228 g/mol. The van der Waals surface area contributed by atoms with Crippen molar-refractivity contribution < 1.29 is 9.53 Å². The molecule has 18 heavy (non-hydrogen) atoms. The van der Waals surface area contributed by atoms with Gasteiger partial charge in [-0.25, -0.2) is 0 Å². The first kappa shape index (κ1) is 14.4. The van der Waals surface area contributed by atoms with Crippen molar-refractivity contribution in [2.75, 3.05) is 26.4 Å². The van der Waals surface area contributed by atoms with Gasteiger partial charge in [-0.1, -0.05) is 13.0 Å². The van der Waals surface area contributed by atoms with Gasteiger partial charge in [0.25, 0.3) is 0 Å². The summed E-state index contributed by atoms with van der Waals surface area (Å²) in [5.74, 6) is 0.817. The van der Waals surface area contributed by atoms with Gasteiger partial charge in [0.2, 0.25) is 5.91 Å². The van der Waals surface area contributed by atoms with Crippen LogP contribution in [0.3, 0.4) is 0 Å². The Morgan fingerprint density at radius 2 is 2.11 bits per heavy atom. The van der Waals surface area contributed by atoms with Crippen molar-refractivity contribution in [3.63, 3.8) is 0 Å². The van der Waals surface area contributed by atoms with Crippen molar-refractivity contribution in [2.24, 2.45) is 0 Å². The van der Waals surface area contributed by atoms with Gasteiger partial charge >= 0.3 is 0 Å². The molecule has 1 amide bonds. The van der Waals surface area contributed by atoms with E-state index >= 15 is 0 Å². The molecule has 0 saturated carbocycles. The molecule has 2 N–H and O–H groups in total. The van der Waals surface area contributed by atoms with Crippen LogP contribution in [0.1, 0.15) is 25.3 Å². The maximum atomic E-state index is 11.4. The molecule has 1 aromatic carbocycles. The lowest BCUT2D eigenvalue weighted by Gasteiger charge is -2.12. The zero-order valence-electron chi connectivity index (χ0n) is 11.4. The van der Waals surface area contributed by atoms with Crippen LogP contribution in [0.2, 0.25) is 0 Å². The topological polar surface area (TPSA) is 55.6 Å². The first-order valence-electron chi connectivity index (χ1n) is 6.26. The Morgan fingerprint density at radius 3 is 2.67 bits per heavy atom. The second kappa shape index (κ2) is 6.89. The molecule has 0 heterocycles. The Balaban J connectivity index is 2.38. The average molecular weight is 250 g/mol. The number of nitrogens with two attached hydrogens (primary N) is 1. The molecule has 0 fully saturated rings. The van der Waals surface area contributed by atoms with Crippen LogP contribution in [-0.4, -0.2) is 31.5 Å². The van der Waals surface area contributed by atoms with E-state index in [0.29, 0.717) is 30.9 Å². The maximum Gasteiger partial charge on any atom is 0.222 e. The van der Waals surface area contributed by atoms with E-state index in [1.165, 1.54) is 5.56 Å². The second-order valence-electron chi connectivity index (χ2n) is 4.47. The van der Waals surface area contributed by atoms with Crippen molar-refractivity contribution in [3.05, 3.63) is 23.8 Å². The lowest BCUT2D eigenvalue weighted by atomic mass is 10.1. The predicted octanol–water partition coefficient (Wildman–Crippen LogP) is 2.08. The maximum absolute atomic E-state index is 11.4. The minimum atomic E-state index is 0.118. The fraction of sp³-hybridized carbons (Fsp3) is 0.500. The summed E-state index contributed by atoms with van der Waals surface area (Å²) in [4.78, 5) is 12.9. The summed E-state index contributed by atoms with van der Waals surface area (Å²) >= 11 is 0. The Bertz CT molecular complexity index is 403. The number of benzene rings is 1. The van der Waals surface area contributed by atoms with Crippen molar-refractivity contribution in [1.29, 1.82) is 0 Å². The molecule has 1 aromatic rings. The number of carbonyl (C=O) groups excluding carboxylic acids is 1. The SMILES string of the molecule is CCc1ccc(OCCCC(=O)N(C)C)c(N)c1. The van der Waals surface area contributed by atoms with Crippen LogP contribution >= 0.6 is 0 Å². The molecule has 0 aliphatic heterocycles. The van der Waals surface area contributed by atoms with Gasteiger partial charge in [0.05, 0.1) is 12.3 Å². The van der Waals surface area contributed by atoms with Gasteiger partial charge in [0.15, 0.2) is 0 Å². The smallest absolute Gasteiger partial charge is 0.222 e. The summed E-state index contributed by atoms with van der Waals surface area (Å²) < 4.78 is 5.57. The van der Waals surface area contributed by atoms with Crippen LogP contribution in [0.4, 0.5) is 5.69 Å². The van der Waals surface area contributed by atoms with E-state index in [1.54, 1.807) is 19.0 Å². The normalized spacial score (nSPS) is 10.2. The summed E-state index contributed by atoms with van der Waals surface area (Å²) in [7, 11) is 3.51. The number of amides is 1. The van der Waals surface area contributed by atoms with Crippen LogP contribution in [-0.2, 0) is 11.2 Å². The van der Waals surface area contributed by atoms with Crippen molar-refractivity contribution in [2.45, 2.75) is 26.2 Å². The third-order valence-corrected chi connectivity index (χ3v) is 2.77. The van der Waals surface area contributed by atoms with E-state index in [4.69, 9.17) is 10.5 Å². The zero-order valence-corrected chi connectivity index (χ0v) is 11.4. The number of hydrogen-bond donors (Lipinski definition) is 1. The second-order valence-corrected chi connectivity index (χ2v) is 4.47. The van der Waals surface area contributed by atoms with Gasteiger partial charge in [0, 0.05) is 20.5 Å². The molecule has 1 rings (SSSR count). The van der Waals surface area contributed by atoms with Crippen molar-refractivity contribution in [3.8, 4) is 5.75 Å². The molecule has 100 valence electrons. The summed E-state index contributed by atoms with van der Waals surface area (Å²) in [5.41, 5.74) is 7.74. The molecule has 0 saturated heterocycles. The van der Waals surface area contributed by atoms with Gasteiger partial charge in [-0.05, 0) is 30.5 Å². The standard InChI is InChI=1S/C14H22N2O2/c1-4-11-7-8-13(12(15)10-11)18-9-5-6-14(17)16(2)3/h7-8,10H,4-6,9,15H2,1-3H3. The number of nitrogens with zero attached hydrogens (tertiary/aromatic N) is 1. The summed E-state index contributed by atoms with van der Waals surface area (Å²) in [6, 6.07) is 5.83. The number of rotatable bonds is 6. The van der Waals surface area contributed by atoms with Crippen LogP contribution < -0.4 is 10.5 Å². The minimum Gasteiger partial charge on any atom is -0.491 e. The Hall–Kier alpha value is -1.71. The van der Waals surface area contributed by atoms with E-state index in [9.17, 15) is 4.79 Å². The van der Waals surface area contributed by atoms with E-state index < -0.39 is 0 Å². The molecule has 0 unspecified atom stereocenters. The van der Waals surface area contributed by atoms with Crippen molar-refractivity contribution in [1.82, 2.24) is 4.90 Å². The molecule has 0 bridgehead atoms. The van der Waals surface area contributed by atoms with Gasteiger partial charge in [-0.2, -0.15) is 0 Å². The van der Waals surface area contributed by atoms with E-state index in [2.05, 4.69) is 6.92 Å². The average Bonchev–Trinajstić information content (AvgIpc) is 2.35. The Kier molecular flexibility index (Phi) is 5.49. The lowest BCUT2D eigenvalue weighted by molar-refractivity contribution is -0.128. The minimum absolute atomic E-state index is 0.118. The predicted molar refractivity (Wildman–Crippen MR) is 73.7 cm³/mol. The van der Waals surface area contributed by atoms with E-state index in [0.717, 1.165) is 6.42 Å². The molecule has 0 radical (unpaired) electrons. The first-order valence-corrected chi connectivity index (χ1v) is 6.26. The number of nitrogen functional groups attached to an aromatic ring is 1. The molecule has 0 aromatic heterocycles. The lowest BCUT2D eigenvalue weighted by Crippen LogP contribution is -2.21. The highest BCUT2D eigenvalue weighted by atomic mass is 16.5. The fourth-order valence-corrected chi connectivity index (χ4v) is 1.58. The van der Waals surface area contributed by atoms with Crippen LogP contribution in [0.25, 0.3) is 0 Å². The van der Waals surface area contributed by atoms with E-state index in [-0.39, 0.29) is 5.91 Å². The zero-order chi connectivity index (χ0) is 13.5. The highest BCUT2D eigenvalue weighted by Crippen LogP contribution is 2.22. The third-order valence-electron chi connectivity index (χ3n) is 2.77. The van der Waals surface area contributed by atoms with Gasteiger partial charge in [0.1, 0.15) is 5.75 Å². The van der Waals surface area contributed by atoms with E-state index in [1.807, 2.05) is 18.2 Å². The highest BCUT2D eigenvalue weighted by Gasteiger charge is 2.05. The van der Waals surface area contributed by atoms with Crippen molar-refractivity contribution >= 4 is 11.6 Å². The number of hydrogen-bond acceptors (Lipinski definition) is 3. The number of ether oxygens (including phenoxy) is 1. The van der Waals surface area contributed by atoms with Crippen LogP contribution in [0.5, 0.6) is 5.75 Å². The molecule has 0 atom stereocenters. The number of anilines is 1. The van der Waals surface area contributed by atoms with Gasteiger partial charge in [-0.3, -0.25) is 4.79 Å². The number of carbonyl (C=O) groups is 1. The summed E-state index contributed by atoms with van der Waals surface area (Å²) in [5, 5.41) is 0. The molecule has 4 heteroatoms. The monoisotopic (exact) mass is 250 g/mol. The van der Waals surface area contributed by atoms with Gasteiger partial charge < -0.3 is 15.4 Å². The third kappa shape index (κ3) is 4.28. The number of aryl methyl sites for hydroxylation is 1. The fourth-order valence-electron chi connectivity index (χ4n) is 1.58. The summed E-state index contributed by atoms with van der Waals surface area (Å²) in [6.07, 6.45) is 2.16. The first-order chi connectivity index (χ1) is 8.54. The molecule has 0 aliphatic rings. The Morgan fingerprint density at radius 1 is 1.39 bits per heavy atom. The summed E-state index contributed by atoms with van der Waals surface area (Å²) in [6.45, 7) is 2.59. The molecule has 4 nitrogen and oxygen atoms in total. The largest absolute Gasteiger partial charge is 0.491 e.